The molecular formula is C35H44N2O4. The molecule has 6 atom stereocenters. The number of benzene rings is 2. The summed E-state index contributed by atoms with van der Waals surface area (Å²) in [6.45, 7) is 2.16. The van der Waals surface area contributed by atoms with Gasteiger partial charge in [-0.05, 0) is 106 Å². The maximum atomic E-state index is 7.11. The van der Waals surface area contributed by atoms with Crippen molar-refractivity contribution in [3.05, 3.63) is 82.3 Å². The minimum absolute atomic E-state index is 0.0391. The van der Waals surface area contributed by atoms with Crippen molar-refractivity contribution in [3.8, 4) is 11.5 Å². The van der Waals surface area contributed by atoms with Gasteiger partial charge in [-0.15, -0.1) is 0 Å². The second kappa shape index (κ2) is 11.1. The van der Waals surface area contributed by atoms with Crippen LogP contribution in [0.2, 0.25) is 0 Å². The molecule has 4 heterocycles. The molecule has 2 aliphatic carbocycles. The van der Waals surface area contributed by atoms with Crippen LogP contribution in [0, 0.1) is 11.8 Å². The van der Waals surface area contributed by atoms with E-state index in [2.05, 4.69) is 72.4 Å². The van der Waals surface area contributed by atoms with Crippen molar-refractivity contribution < 1.29 is 18.9 Å². The van der Waals surface area contributed by atoms with E-state index in [9.17, 15) is 0 Å². The average Bonchev–Trinajstić information content (AvgIpc) is 3.37. The Labute approximate surface area is 244 Å². The number of hydrogen-bond acceptors (Lipinski definition) is 6. The summed E-state index contributed by atoms with van der Waals surface area (Å²) in [6.07, 6.45) is 9.44. The fourth-order valence-electron chi connectivity index (χ4n) is 8.28. The minimum atomic E-state index is 0.0391. The first-order valence-corrected chi connectivity index (χ1v) is 15.5. The number of fused-ring (bicyclic) bond motifs is 2. The maximum Gasteiger partial charge on any atom is 0.168 e. The van der Waals surface area contributed by atoms with Gasteiger partial charge >= 0.3 is 0 Å². The molecule has 8 rings (SSSR count). The van der Waals surface area contributed by atoms with Gasteiger partial charge in [0, 0.05) is 37.7 Å². The Morgan fingerprint density at radius 3 is 2.59 bits per heavy atom. The van der Waals surface area contributed by atoms with Gasteiger partial charge in [-0.25, -0.2) is 0 Å². The fraction of sp³-hybridized carbons (Fsp3) is 0.543. The Kier molecular flexibility index (Phi) is 7.34. The number of piperidine rings is 1. The molecule has 4 aliphatic heterocycles. The monoisotopic (exact) mass is 556 g/mol. The fourth-order valence-corrected chi connectivity index (χ4v) is 8.28. The Morgan fingerprint density at radius 1 is 0.927 bits per heavy atom. The van der Waals surface area contributed by atoms with Crippen LogP contribution in [0.1, 0.15) is 54.8 Å². The molecule has 0 spiro atoms. The smallest absolute Gasteiger partial charge is 0.168 e. The van der Waals surface area contributed by atoms with Gasteiger partial charge in [-0.1, -0.05) is 30.3 Å². The average molecular weight is 557 g/mol. The molecule has 2 aromatic carbocycles. The predicted molar refractivity (Wildman–Crippen MR) is 160 cm³/mol. The molecule has 4 bridgehead atoms. The standard InChI is InChI=1S/C35H44N2O4/c1-36-17-15-24-20-32(39-4)33-21-27(24)28(36)18-22-8-11-26(12-9-22)40-35-25(10-13-31(35)38-3)19-29-34-23(14-16-37(29)2)6-5-7-30(34)41-33/h5-12,24,27-29,32-33H,13-21H2,1-4H3/t24?,27?,28-,29-,32?,33?/m0/s1. The molecular weight excluding hydrogens is 512 g/mol. The third-order valence-electron chi connectivity index (χ3n) is 10.6. The van der Waals surface area contributed by atoms with Crippen LogP contribution >= 0.6 is 0 Å². The highest BCUT2D eigenvalue weighted by Gasteiger charge is 2.46. The van der Waals surface area contributed by atoms with Crippen LogP contribution in [-0.4, -0.2) is 69.5 Å². The van der Waals surface area contributed by atoms with Gasteiger partial charge in [0.05, 0.1) is 13.2 Å². The third kappa shape index (κ3) is 4.98. The summed E-state index contributed by atoms with van der Waals surface area (Å²) < 4.78 is 25.7. The third-order valence-corrected chi connectivity index (χ3v) is 10.6. The predicted octanol–water partition coefficient (Wildman–Crippen LogP) is 5.92. The molecule has 2 aromatic rings. The molecule has 4 unspecified atom stereocenters. The number of likely N-dealkylation sites (N-methyl/N-ethyl adjacent to an activating group) is 2. The first-order chi connectivity index (χ1) is 20.0. The highest BCUT2D eigenvalue weighted by molar-refractivity contribution is 5.47. The molecule has 0 aromatic heterocycles. The van der Waals surface area contributed by atoms with Crippen molar-refractivity contribution in [3.63, 3.8) is 0 Å². The number of nitrogens with zero attached hydrogens (tertiary/aromatic N) is 2. The summed E-state index contributed by atoms with van der Waals surface area (Å²) in [4.78, 5) is 5.07. The van der Waals surface area contributed by atoms with E-state index in [1.807, 2.05) is 7.11 Å². The van der Waals surface area contributed by atoms with Gasteiger partial charge in [-0.3, -0.25) is 4.90 Å². The molecule has 41 heavy (non-hydrogen) atoms. The highest BCUT2D eigenvalue weighted by Crippen LogP contribution is 2.46. The number of ether oxygens (including phenoxy) is 4. The van der Waals surface area contributed by atoms with E-state index < -0.39 is 0 Å². The molecule has 0 N–H and O–H groups in total. The van der Waals surface area contributed by atoms with Gasteiger partial charge in [0.2, 0.25) is 0 Å². The SMILES string of the molecule is COC1=C2Oc3ccc(cc3)C[C@H]3C4CC(Oc5cccc6c5[C@H](CC2=CC1)N(C)CC6)C(OC)CC4CCN3C. The normalized spacial score (nSPS) is 31.9. The van der Waals surface area contributed by atoms with E-state index in [-0.39, 0.29) is 18.2 Å². The number of allylic oxidation sites excluding steroid dienone is 2. The summed E-state index contributed by atoms with van der Waals surface area (Å²) in [7, 11) is 8.17. The van der Waals surface area contributed by atoms with Crippen molar-refractivity contribution in [1.82, 2.24) is 9.80 Å². The van der Waals surface area contributed by atoms with Crippen LogP contribution in [0.5, 0.6) is 11.5 Å². The van der Waals surface area contributed by atoms with E-state index in [0.717, 1.165) is 74.6 Å². The minimum Gasteiger partial charge on any atom is -0.497 e. The van der Waals surface area contributed by atoms with Crippen LogP contribution in [0.3, 0.4) is 0 Å². The van der Waals surface area contributed by atoms with Crippen molar-refractivity contribution >= 4 is 0 Å². The summed E-state index contributed by atoms with van der Waals surface area (Å²) in [6, 6.07) is 16.1. The molecule has 1 saturated heterocycles. The molecule has 1 saturated carbocycles. The van der Waals surface area contributed by atoms with E-state index >= 15 is 0 Å². The summed E-state index contributed by atoms with van der Waals surface area (Å²) in [5.41, 5.74) is 5.29. The molecule has 218 valence electrons. The summed E-state index contributed by atoms with van der Waals surface area (Å²) in [5, 5.41) is 0. The molecule has 6 heteroatoms. The van der Waals surface area contributed by atoms with Crippen molar-refractivity contribution in [2.24, 2.45) is 11.8 Å². The van der Waals surface area contributed by atoms with Crippen LogP contribution in [0.4, 0.5) is 0 Å². The Morgan fingerprint density at radius 2 is 1.78 bits per heavy atom. The van der Waals surface area contributed by atoms with E-state index in [1.165, 1.54) is 28.7 Å². The second-order valence-electron chi connectivity index (χ2n) is 12.8. The van der Waals surface area contributed by atoms with Gasteiger partial charge in [-0.2, -0.15) is 0 Å². The number of hydrogen-bond donors (Lipinski definition) is 0. The van der Waals surface area contributed by atoms with Gasteiger partial charge in [0.1, 0.15) is 23.4 Å². The lowest BCUT2D eigenvalue weighted by Crippen LogP contribution is -2.55. The Balaban J connectivity index is 1.33. The first kappa shape index (κ1) is 27.1. The quantitative estimate of drug-likeness (QED) is 0.458. The van der Waals surface area contributed by atoms with E-state index in [1.54, 1.807) is 7.11 Å². The lowest BCUT2D eigenvalue weighted by Gasteiger charge is -2.50. The second-order valence-corrected chi connectivity index (χ2v) is 12.8. The van der Waals surface area contributed by atoms with Gasteiger partial charge < -0.3 is 23.8 Å². The van der Waals surface area contributed by atoms with Crippen molar-refractivity contribution in [1.29, 1.82) is 0 Å². The highest BCUT2D eigenvalue weighted by atomic mass is 16.5. The zero-order chi connectivity index (χ0) is 28.1. The first-order valence-electron chi connectivity index (χ1n) is 15.5. The van der Waals surface area contributed by atoms with Crippen molar-refractivity contribution in [2.75, 3.05) is 41.4 Å². The lowest BCUT2D eigenvalue weighted by atomic mass is 9.68. The summed E-state index contributed by atoms with van der Waals surface area (Å²) >= 11 is 0. The van der Waals surface area contributed by atoms with Crippen LogP contribution in [0.25, 0.3) is 0 Å². The zero-order valence-electron chi connectivity index (χ0n) is 25.0. The van der Waals surface area contributed by atoms with Crippen molar-refractivity contribution in [2.45, 2.75) is 69.2 Å². The van der Waals surface area contributed by atoms with Gasteiger partial charge in [0.25, 0.3) is 0 Å². The van der Waals surface area contributed by atoms with E-state index in [0.29, 0.717) is 17.9 Å². The largest absolute Gasteiger partial charge is 0.497 e. The maximum absolute atomic E-state index is 7.11. The molecule has 0 amide bonds. The Hall–Kier alpha value is -2.80. The topological polar surface area (TPSA) is 43.4 Å². The number of methoxy groups -OCH3 is 2. The van der Waals surface area contributed by atoms with Crippen LogP contribution in [0.15, 0.2) is 65.6 Å². The zero-order valence-corrected chi connectivity index (χ0v) is 25.0. The summed E-state index contributed by atoms with van der Waals surface area (Å²) in [5.74, 6) is 4.91. The van der Waals surface area contributed by atoms with Crippen LogP contribution < -0.4 is 9.47 Å². The molecule has 0 radical (unpaired) electrons. The number of likely N-dealkylation sites (tertiary alicyclic amines) is 1. The molecule has 6 aliphatic rings. The lowest BCUT2D eigenvalue weighted by molar-refractivity contribution is -0.0873. The van der Waals surface area contributed by atoms with Gasteiger partial charge in [0.15, 0.2) is 5.76 Å². The van der Waals surface area contributed by atoms with E-state index in [4.69, 9.17) is 18.9 Å². The van der Waals surface area contributed by atoms with Crippen LogP contribution in [-0.2, 0) is 22.3 Å². The molecule has 6 nitrogen and oxygen atoms in total. The number of rotatable bonds is 2. The Bertz CT molecular complexity index is 1330. The molecule has 2 fully saturated rings.